The lowest BCUT2D eigenvalue weighted by Crippen LogP contribution is -2.50. The van der Waals surface area contributed by atoms with Crippen molar-refractivity contribution in [1.82, 2.24) is 15.6 Å². The van der Waals surface area contributed by atoms with Gasteiger partial charge in [-0.1, -0.05) is 25.1 Å². The number of amides is 1. The van der Waals surface area contributed by atoms with Crippen LogP contribution in [0.3, 0.4) is 0 Å². The number of carbonyl (C=O) groups is 1. The Morgan fingerprint density at radius 1 is 1.26 bits per heavy atom. The molecule has 2 N–H and O–H groups in total. The first-order chi connectivity index (χ1) is 11.2. The first kappa shape index (κ1) is 15.5. The molecule has 5 nitrogen and oxygen atoms in total. The van der Waals surface area contributed by atoms with Crippen LogP contribution in [0.1, 0.15) is 23.8 Å². The number of aromatic nitrogens is 1. The van der Waals surface area contributed by atoms with Crippen LogP contribution in [0.4, 0.5) is 0 Å². The molecule has 120 valence electrons. The minimum absolute atomic E-state index is 0.136. The molecule has 2 unspecified atom stereocenters. The summed E-state index contributed by atoms with van der Waals surface area (Å²) in [6.45, 7) is 3.97. The second-order valence-electron chi connectivity index (χ2n) is 5.84. The standard InChI is InChI=1S/C18H21N3O2/c1-13-7-9-19-12-17(13)21-18(22)16-11-15(8-10-20-16)23-14-5-3-2-4-6-14/h2-6,8,10-11,13,17,19H,7,9,12H2,1H3,(H,21,22). The Morgan fingerprint density at radius 2 is 2.09 bits per heavy atom. The van der Waals surface area contributed by atoms with Gasteiger partial charge in [0.2, 0.25) is 0 Å². The van der Waals surface area contributed by atoms with Crippen molar-refractivity contribution in [2.24, 2.45) is 5.92 Å². The molecule has 1 aliphatic heterocycles. The summed E-state index contributed by atoms with van der Waals surface area (Å²) in [6, 6.07) is 13.0. The van der Waals surface area contributed by atoms with E-state index < -0.39 is 0 Å². The number of nitrogens with zero attached hydrogens (tertiary/aromatic N) is 1. The van der Waals surface area contributed by atoms with Gasteiger partial charge in [0.1, 0.15) is 17.2 Å². The van der Waals surface area contributed by atoms with Crippen molar-refractivity contribution in [3.63, 3.8) is 0 Å². The van der Waals surface area contributed by atoms with Crippen molar-refractivity contribution >= 4 is 5.91 Å². The lowest BCUT2D eigenvalue weighted by Gasteiger charge is -2.30. The fourth-order valence-electron chi connectivity index (χ4n) is 2.65. The lowest BCUT2D eigenvalue weighted by molar-refractivity contribution is 0.0910. The van der Waals surface area contributed by atoms with Crippen LogP contribution < -0.4 is 15.4 Å². The number of hydrogen-bond donors (Lipinski definition) is 2. The SMILES string of the molecule is CC1CCNCC1NC(=O)c1cc(Oc2ccccc2)ccn1. The second kappa shape index (κ2) is 7.24. The molecule has 1 aromatic heterocycles. The maximum absolute atomic E-state index is 12.4. The van der Waals surface area contributed by atoms with Crippen LogP contribution in [0.2, 0.25) is 0 Å². The minimum atomic E-state index is -0.163. The largest absolute Gasteiger partial charge is 0.457 e. The van der Waals surface area contributed by atoms with E-state index in [0.29, 0.717) is 17.4 Å². The molecular weight excluding hydrogens is 290 g/mol. The quantitative estimate of drug-likeness (QED) is 0.911. The number of nitrogens with one attached hydrogen (secondary N) is 2. The summed E-state index contributed by atoms with van der Waals surface area (Å²) >= 11 is 0. The van der Waals surface area contributed by atoms with Crippen molar-refractivity contribution in [2.75, 3.05) is 13.1 Å². The average Bonchev–Trinajstić information content (AvgIpc) is 2.58. The highest BCUT2D eigenvalue weighted by Crippen LogP contribution is 2.21. The highest BCUT2D eigenvalue weighted by molar-refractivity contribution is 5.92. The van der Waals surface area contributed by atoms with Crippen molar-refractivity contribution < 1.29 is 9.53 Å². The van der Waals surface area contributed by atoms with E-state index in [-0.39, 0.29) is 11.9 Å². The van der Waals surface area contributed by atoms with Gasteiger partial charge in [-0.3, -0.25) is 9.78 Å². The van der Waals surface area contributed by atoms with Gasteiger partial charge in [-0.25, -0.2) is 0 Å². The summed E-state index contributed by atoms with van der Waals surface area (Å²) in [4.78, 5) is 16.6. The van der Waals surface area contributed by atoms with E-state index in [0.717, 1.165) is 25.3 Å². The third-order valence-corrected chi connectivity index (χ3v) is 4.09. The number of hydrogen-bond acceptors (Lipinski definition) is 4. The van der Waals surface area contributed by atoms with E-state index in [9.17, 15) is 4.79 Å². The molecule has 0 saturated carbocycles. The molecule has 1 aliphatic rings. The van der Waals surface area contributed by atoms with Gasteiger partial charge in [0.15, 0.2) is 0 Å². The molecule has 3 rings (SSSR count). The molecule has 0 spiro atoms. The number of ether oxygens (including phenoxy) is 1. The van der Waals surface area contributed by atoms with Crippen LogP contribution >= 0.6 is 0 Å². The summed E-state index contributed by atoms with van der Waals surface area (Å²) in [5.74, 6) is 1.63. The normalized spacial score (nSPS) is 20.7. The van der Waals surface area contributed by atoms with Gasteiger partial charge >= 0.3 is 0 Å². The van der Waals surface area contributed by atoms with Gasteiger partial charge in [-0.2, -0.15) is 0 Å². The number of rotatable bonds is 4. The van der Waals surface area contributed by atoms with Crippen LogP contribution in [0.5, 0.6) is 11.5 Å². The van der Waals surface area contributed by atoms with Crippen LogP contribution in [0.15, 0.2) is 48.7 Å². The Balaban J connectivity index is 1.67. The molecule has 23 heavy (non-hydrogen) atoms. The molecule has 0 radical (unpaired) electrons. The Labute approximate surface area is 136 Å². The topological polar surface area (TPSA) is 63.2 Å². The summed E-state index contributed by atoms with van der Waals surface area (Å²) in [7, 11) is 0. The van der Waals surface area contributed by atoms with Gasteiger partial charge < -0.3 is 15.4 Å². The highest BCUT2D eigenvalue weighted by atomic mass is 16.5. The zero-order valence-corrected chi connectivity index (χ0v) is 13.2. The van der Waals surface area contributed by atoms with Crippen LogP contribution in [-0.2, 0) is 0 Å². The molecule has 1 amide bonds. The predicted octanol–water partition coefficient (Wildman–Crippen LogP) is 2.60. The third kappa shape index (κ3) is 4.07. The molecule has 2 atom stereocenters. The van der Waals surface area contributed by atoms with Gasteiger partial charge in [-0.15, -0.1) is 0 Å². The van der Waals surface area contributed by atoms with E-state index in [4.69, 9.17) is 4.74 Å². The Kier molecular flexibility index (Phi) is 4.88. The molecule has 1 saturated heterocycles. The summed E-state index contributed by atoms with van der Waals surface area (Å²) in [5, 5.41) is 6.36. The first-order valence-corrected chi connectivity index (χ1v) is 7.93. The molecule has 1 aromatic carbocycles. The predicted molar refractivity (Wildman–Crippen MR) is 88.7 cm³/mol. The zero-order chi connectivity index (χ0) is 16.1. The Hall–Kier alpha value is -2.40. The summed E-state index contributed by atoms with van der Waals surface area (Å²) < 4.78 is 5.75. The lowest BCUT2D eigenvalue weighted by atomic mass is 9.95. The monoisotopic (exact) mass is 311 g/mol. The molecule has 5 heteroatoms. The van der Waals surface area contributed by atoms with Crippen molar-refractivity contribution in [1.29, 1.82) is 0 Å². The summed E-state index contributed by atoms with van der Waals surface area (Å²) in [5.41, 5.74) is 0.371. The zero-order valence-electron chi connectivity index (χ0n) is 13.2. The van der Waals surface area contributed by atoms with Gasteiger partial charge in [0.05, 0.1) is 0 Å². The average molecular weight is 311 g/mol. The highest BCUT2D eigenvalue weighted by Gasteiger charge is 2.23. The Bertz CT molecular complexity index is 660. The van der Waals surface area contributed by atoms with Crippen molar-refractivity contribution in [3.05, 3.63) is 54.4 Å². The number of carbonyl (C=O) groups excluding carboxylic acids is 1. The third-order valence-electron chi connectivity index (χ3n) is 4.09. The van der Waals surface area contributed by atoms with E-state index >= 15 is 0 Å². The van der Waals surface area contributed by atoms with E-state index in [1.807, 2.05) is 30.3 Å². The first-order valence-electron chi connectivity index (χ1n) is 7.93. The molecule has 2 heterocycles. The molecule has 1 fully saturated rings. The number of para-hydroxylation sites is 1. The van der Waals surface area contributed by atoms with Gasteiger partial charge in [0.25, 0.3) is 5.91 Å². The molecule has 0 bridgehead atoms. The van der Waals surface area contributed by atoms with E-state index in [1.54, 1.807) is 18.3 Å². The molecular formula is C18H21N3O2. The number of benzene rings is 1. The maximum Gasteiger partial charge on any atom is 0.270 e. The van der Waals surface area contributed by atoms with Gasteiger partial charge in [-0.05, 0) is 37.1 Å². The fraction of sp³-hybridized carbons (Fsp3) is 0.333. The smallest absolute Gasteiger partial charge is 0.270 e. The van der Waals surface area contributed by atoms with Crippen LogP contribution in [0, 0.1) is 5.92 Å². The van der Waals surface area contributed by atoms with Crippen molar-refractivity contribution in [3.8, 4) is 11.5 Å². The van der Waals surface area contributed by atoms with Crippen molar-refractivity contribution in [2.45, 2.75) is 19.4 Å². The number of pyridine rings is 1. The van der Waals surface area contributed by atoms with Crippen LogP contribution in [0.25, 0.3) is 0 Å². The van der Waals surface area contributed by atoms with E-state index in [1.165, 1.54) is 0 Å². The maximum atomic E-state index is 12.4. The molecule has 2 aromatic rings. The van der Waals surface area contributed by atoms with E-state index in [2.05, 4.69) is 22.5 Å². The van der Waals surface area contributed by atoms with Crippen LogP contribution in [-0.4, -0.2) is 30.0 Å². The minimum Gasteiger partial charge on any atom is -0.457 e. The summed E-state index contributed by atoms with van der Waals surface area (Å²) in [6.07, 6.45) is 2.66. The molecule has 0 aliphatic carbocycles. The fourth-order valence-corrected chi connectivity index (χ4v) is 2.65. The number of piperidine rings is 1. The second-order valence-corrected chi connectivity index (χ2v) is 5.84. The van der Waals surface area contributed by atoms with Gasteiger partial charge in [0, 0.05) is 24.8 Å². The Morgan fingerprint density at radius 3 is 2.87 bits per heavy atom.